The molecule has 0 heterocycles. The highest BCUT2D eigenvalue weighted by Gasteiger charge is 2.14. The van der Waals surface area contributed by atoms with Crippen molar-refractivity contribution in [3.05, 3.63) is 109 Å². The molecule has 0 saturated heterocycles. The second kappa shape index (κ2) is 11.1. The van der Waals surface area contributed by atoms with E-state index in [9.17, 15) is 0 Å². The average molecular weight is 319 g/mol. The Morgan fingerprint density at radius 1 is 1.00 bits per heavy atom. The van der Waals surface area contributed by atoms with E-state index >= 15 is 0 Å². The summed E-state index contributed by atoms with van der Waals surface area (Å²) in [5.74, 6) is 0.436. The molecule has 1 atom stereocenters. The van der Waals surface area contributed by atoms with E-state index in [0.29, 0.717) is 5.92 Å². The van der Waals surface area contributed by atoms with Crippen LogP contribution in [0.5, 0.6) is 0 Å². The molecule has 0 aromatic rings. The van der Waals surface area contributed by atoms with Gasteiger partial charge in [-0.25, -0.2) is 0 Å². The molecule has 0 bridgehead atoms. The first-order chi connectivity index (χ1) is 11.7. The van der Waals surface area contributed by atoms with Gasteiger partial charge in [0, 0.05) is 17.1 Å². The predicted molar refractivity (Wildman–Crippen MR) is 108 cm³/mol. The summed E-state index contributed by atoms with van der Waals surface area (Å²) in [4.78, 5) is 2.25. The summed E-state index contributed by atoms with van der Waals surface area (Å²) < 4.78 is 0. The van der Waals surface area contributed by atoms with Crippen molar-refractivity contribution >= 4 is 0 Å². The van der Waals surface area contributed by atoms with Crippen molar-refractivity contribution in [2.75, 3.05) is 0 Å². The lowest BCUT2D eigenvalue weighted by Gasteiger charge is -2.28. The van der Waals surface area contributed by atoms with Crippen molar-refractivity contribution < 1.29 is 0 Å². The Morgan fingerprint density at radius 2 is 1.67 bits per heavy atom. The number of rotatable bonds is 7. The van der Waals surface area contributed by atoms with Gasteiger partial charge in [-0.2, -0.15) is 0 Å². The first-order valence-corrected chi connectivity index (χ1v) is 8.45. The van der Waals surface area contributed by atoms with Gasteiger partial charge in [0.05, 0.1) is 0 Å². The predicted octanol–water partition coefficient (Wildman–Crippen LogP) is 6.62. The maximum Gasteiger partial charge on any atom is 0.0458 e. The Hall–Kier alpha value is -2.54. The summed E-state index contributed by atoms with van der Waals surface area (Å²) >= 11 is 0. The Morgan fingerprint density at radius 3 is 2.25 bits per heavy atom. The van der Waals surface area contributed by atoms with Crippen LogP contribution in [0.3, 0.4) is 0 Å². The lowest BCUT2D eigenvalue weighted by Crippen LogP contribution is -2.19. The van der Waals surface area contributed by atoms with Gasteiger partial charge in [-0.3, -0.25) is 0 Å². The molecular weight excluding hydrogens is 290 g/mol. The summed E-state index contributed by atoms with van der Waals surface area (Å²) in [6.07, 6.45) is 29.2. The van der Waals surface area contributed by atoms with Gasteiger partial charge >= 0.3 is 0 Å². The summed E-state index contributed by atoms with van der Waals surface area (Å²) in [5, 5.41) is 0. The normalized spacial score (nSPS) is 19.3. The monoisotopic (exact) mass is 319 g/mol. The fourth-order valence-corrected chi connectivity index (χ4v) is 2.33. The molecule has 0 fully saturated rings. The van der Waals surface area contributed by atoms with Crippen LogP contribution >= 0.6 is 0 Å². The van der Waals surface area contributed by atoms with Gasteiger partial charge in [-0.05, 0) is 51.0 Å². The SMILES string of the molecule is C=C/C=C\C(=C/C)N(C1=CC=CC(C)C=C1)C(/C=C\C=C/C)=C/C. The van der Waals surface area contributed by atoms with E-state index in [2.05, 4.69) is 93.0 Å². The van der Waals surface area contributed by atoms with E-state index in [1.54, 1.807) is 6.08 Å². The van der Waals surface area contributed by atoms with E-state index in [-0.39, 0.29) is 0 Å². The molecule has 0 aromatic carbocycles. The van der Waals surface area contributed by atoms with Gasteiger partial charge in [-0.15, -0.1) is 0 Å². The van der Waals surface area contributed by atoms with Crippen LogP contribution in [0.2, 0.25) is 0 Å². The van der Waals surface area contributed by atoms with Gasteiger partial charge < -0.3 is 4.90 Å². The zero-order valence-corrected chi connectivity index (χ0v) is 15.3. The second-order valence-corrected chi connectivity index (χ2v) is 5.44. The molecule has 126 valence electrons. The highest BCUT2D eigenvalue weighted by atomic mass is 15.2. The third-order valence-corrected chi connectivity index (χ3v) is 3.59. The number of hydrogen-bond acceptors (Lipinski definition) is 1. The number of allylic oxidation sites excluding steroid dienone is 14. The maximum atomic E-state index is 3.78. The minimum atomic E-state index is 0.436. The molecule has 1 aliphatic rings. The maximum absolute atomic E-state index is 3.78. The largest absolute Gasteiger partial charge is 0.311 e. The fraction of sp³-hybridized carbons (Fsp3) is 0.217. The minimum absolute atomic E-state index is 0.436. The van der Waals surface area contributed by atoms with Gasteiger partial charge in [0.25, 0.3) is 0 Å². The molecule has 1 rings (SSSR count). The van der Waals surface area contributed by atoms with E-state index in [4.69, 9.17) is 0 Å². The first-order valence-electron chi connectivity index (χ1n) is 8.45. The molecule has 0 aliphatic heterocycles. The molecule has 1 nitrogen and oxygen atoms in total. The molecule has 1 unspecified atom stereocenters. The minimum Gasteiger partial charge on any atom is -0.311 e. The van der Waals surface area contributed by atoms with Crippen LogP contribution in [0.15, 0.2) is 109 Å². The Labute approximate surface area is 147 Å². The zero-order valence-electron chi connectivity index (χ0n) is 15.3. The van der Waals surface area contributed by atoms with Crippen LogP contribution in [0.25, 0.3) is 0 Å². The van der Waals surface area contributed by atoms with E-state index < -0.39 is 0 Å². The quantitative estimate of drug-likeness (QED) is 0.477. The topological polar surface area (TPSA) is 3.24 Å². The lowest BCUT2D eigenvalue weighted by molar-refractivity contribution is 0.575. The molecule has 1 aliphatic carbocycles. The van der Waals surface area contributed by atoms with E-state index in [0.717, 1.165) is 17.1 Å². The van der Waals surface area contributed by atoms with Crippen LogP contribution < -0.4 is 0 Å². The highest BCUT2D eigenvalue weighted by Crippen LogP contribution is 2.25. The van der Waals surface area contributed by atoms with Gasteiger partial charge in [-0.1, -0.05) is 74.3 Å². The summed E-state index contributed by atoms with van der Waals surface area (Å²) in [6, 6.07) is 0. The van der Waals surface area contributed by atoms with Crippen molar-refractivity contribution in [1.82, 2.24) is 4.90 Å². The number of hydrogen-bond donors (Lipinski definition) is 0. The summed E-state index contributed by atoms with van der Waals surface area (Å²) in [5.41, 5.74) is 3.36. The molecule has 0 amide bonds. The van der Waals surface area contributed by atoms with Crippen LogP contribution in [-0.2, 0) is 0 Å². The summed E-state index contributed by atoms with van der Waals surface area (Å²) in [6.45, 7) is 12.1. The molecule has 0 radical (unpaired) electrons. The number of nitrogens with zero attached hydrogens (tertiary/aromatic N) is 1. The highest BCUT2D eigenvalue weighted by molar-refractivity contribution is 5.41. The van der Waals surface area contributed by atoms with Crippen molar-refractivity contribution in [3.8, 4) is 0 Å². The van der Waals surface area contributed by atoms with Crippen LogP contribution in [-0.4, -0.2) is 4.90 Å². The van der Waals surface area contributed by atoms with E-state index in [1.807, 2.05) is 25.2 Å². The summed E-state index contributed by atoms with van der Waals surface area (Å²) in [7, 11) is 0. The van der Waals surface area contributed by atoms with Gasteiger partial charge in [0.2, 0.25) is 0 Å². The smallest absolute Gasteiger partial charge is 0.0458 e. The van der Waals surface area contributed by atoms with Crippen molar-refractivity contribution in [1.29, 1.82) is 0 Å². The van der Waals surface area contributed by atoms with Crippen LogP contribution in [0.1, 0.15) is 27.7 Å². The Balaban J connectivity index is 3.37. The third-order valence-electron chi connectivity index (χ3n) is 3.59. The lowest BCUT2D eigenvalue weighted by atomic mass is 10.1. The Bertz CT molecular complexity index is 646. The molecule has 0 spiro atoms. The van der Waals surface area contributed by atoms with Crippen molar-refractivity contribution in [2.24, 2.45) is 5.92 Å². The molecule has 0 aromatic heterocycles. The van der Waals surface area contributed by atoms with Crippen LogP contribution in [0.4, 0.5) is 0 Å². The zero-order chi connectivity index (χ0) is 17.8. The third kappa shape index (κ3) is 5.92. The standard InChI is InChI=1S/C23H29N/c1-6-10-12-16-22(9-4)24(21(8-3)15-11-7-2)23-17-13-14-20(5)18-19-23/h6-20H,2H2,1,3-5H3/b10-6-,15-11-,16-12-,21-8+,22-9+. The Kier molecular flexibility index (Phi) is 8.99. The van der Waals surface area contributed by atoms with Gasteiger partial charge in [0.1, 0.15) is 0 Å². The molecule has 24 heavy (non-hydrogen) atoms. The van der Waals surface area contributed by atoms with Gasteiger partial charge in [0.15, 0.2) is 0 Å². The van der Waals surface area contributed by atoms with Crippen molar-refractivity contribution in [3.63, 3.8) is 0 Å². The molecule has 0 saturated carbocycles. The first kappa shape index (κ1) is 19.5. The molecule has 1 heteroatoms. The second-order valence-electron chi connectivity index (χ2n) is 5.44. The average Bonchev–Trinajstić information content (AvgIpc) is 2.81. The fourth-order valence-electron chi connectivity index (χ4n) is 2.33. The molecule has 0 N–H and O–H groups in total. The van der Waals surface area contributed by atoms with Crippen molar-refractivity contribution in [2.45, 2.75) is 27.7 Å². The molecular formula is C23H29N. The van der Waals surface area contributed by atoms with E-state index in [1.165, 1.54) is 0 Å². The van der Waals surface area contributed by atoms with Crippen LogP contribution in [0, 0.1) is 5.92 Å².